The van der Waals surface area contributed by atoms with E-state index in [0.29, 0.717) is 6.42 Å². The number of nitrogens with zero attached hydrogens (tertiary/aromatic N) is 2. The maximum absolute atomic E-state index is 13.8. The number of methoxy groups -OCH3 is 1. The summed E-state index contributed by atoms with van der Waals surface area (Å²) in [7, 11) is -2.72. The Balaban J connectivity index is 1.72. The first-order chi connectivity index (χ1) is 16.2. The van der Waals surface area contributed by atoms with Crippen LogP contribution in [0.3, 0.4) is 0 Å². The van der Waals surface area contributed by atoms with Crippen LogP contribution >= 0.6 is 27.5 Å². The van der Waals surface area contributed by atoms with Gasteiger partial charge in [0.25, 0.3) is 0 Å². The zero-order valence-electron chi connectivity index (χ0n) is 18.7. The van der Waals surface area contributed by atoms with Crippen molar-refractivity contribution in [1.29, 1.82) is 0 Å². The second-order valence-electron chi connectivity index (χ2n) is 8.14. The molecule has 3 aromatic rings. The normalized spacial score (nSPS) is 15.4. The lowest BCUT2D eigenvalue weighted by atomic mass is 10.1. The highest BCUT2D eigenvalue weighted by Gasteiger charge is 2.35. The topological polar surface area (TPSA) is 66.9 Å². The van der Waals surface area contributed by atoms with Gasteiger partial charge in [-0.3, -0.25) is 4.79 Å². The Morgan fingerprint density at radius 3 is 2.59 bits per heavy atom. The van der Waals surface area contributed by atoms with E-state index >= 15 is 0 Å². The summed E-state index contributed by atoms with van der Waals surface area (Å²) >= 11 is 9.60. The molecule has 4 rings (SSSR count). The summed E-state index contributed by atoms with van der Waals surface area (Å²) in [6, 6.07) is 19.3. The zero-order valence-corrected chi connectivity index (χ0v) is 21.9. The number of benzene rings is 3. The van der Waals surface area contributed by atoms with Gasteiger partial charge in [-0.05, 0) is 60.9 Å². The predicted octanol–water partition coefficient (Wildman–Crippen LogP) is 5.28. The van der Waals surface area contributed by atoms with Crippen LogP contribution in [0.2, 0.25) is 5.02 Å². The largest absolute Gasteiger partial charge is 0.495 e. The number of anilines is 1. The number of rotatable bonds is 7. The van der Waals surface area contributed by atoms with Gasteiger partial charge in [-0.25, -0.2) is 8.42 Å². The minimum atomic E-state index is -4.12. The van der Waals surface area contributed by atoms with Gasteiger partial charge in [-0.2, -0.15) is 4.31 Å². The molecule has 3 aromatic carbocycles. The number of ether oxygens (including phenoxy) is 1. The fraction of sp³-hybridized carbons (Fsp3) is 0.240. The van der Waals surface area contributed by atoms with E-state index in [4.69, 9.17) is 16.3 Å². The van der Waals surface area contributed by atoms with Crippen LogP contribution in [-0.2, 0) is 27.8 Å². The van der Waals surface area contributed by atoms with Gasteiger partial charge in [0, 0.05) is 27.8 Å². The lowest BCUT2D eigenvalue weighted by molar-refractivity contribution is -0.119. The van der Waals surface area contributed by atoms with Gasteiger partial charge in [0.1, 0.15) is 10.6 Å². The molecule has 34 heavy (non-hydrogen) atoms. The summed E-state index contributed by atoms with van der Waals surface area (Å²) in [6.07, 6.45) is 0.702. The van der Waals surface area contributed by atoms with Crippen LogP contribution in [0.5, 0.6) is 5.75 Å². The summed E-state index contributed by atoms with van der Waals surface area (Å²) in [5, 5.41) is 0.262. The molecule has 0 unspecified atom stereocenters. The molecule has 9 heteroatoms. The maximum Gasteiger partial charge on any atom is 0.247 e. The highest BCUT2D eigenvalue weighted by atomic mass is 79.9. The SMILES string of the molecule is COc1ccc(Cl)cc1S(=O)(=O)N(CC(=O)N1c2ccc(Br)cc2C[C@@H]1C)Cc1ccccc1. The summed E-state index contributed by atoms with van der Waals surface area (Å²) < 4.78 is 35.0. The number of carbonyl (C=O) groups excluding carboxylic acids is 1. The lowest BCUT2D eigenvalue weighted by Gasteiger charge is -2.28. The molecule has 0 fully saturated rings. The summed E-state index contributed by atoms with van der Waals surface area (Å²) in [4.78, 5) is 15.2. The zero-order chi connectivity index (χ0) is 24.5. The van der Waals surface area contributed by atoms with Crippen molar-refractivity contribution in [3.63, 3.8) is 0 Å². The van der Waals surface area contributed by atoms with Crippen molar-refractivity contribution in [1.82, 2.24) is 4.31 Å². The second kappa shape index (κ2) is 10.1. The predicted molar refractivity (Wildman–Crippen MR) is 137 cm³/mol. The average molecular weight is 564 g/mol. The molecule has 0 aliphatic carbocycles. The van der Waals surface area contributed by atoms with E-state index in [-0.39, 0.29) is 40.7 Å². The Morgan fingerprint density at radius 2 is 1.88 bits per heavy atom. The third-order valence-corrected chi connectivity index (χ3v) is 8.32. The molecule has 1 atom stereocenters. The van der Waals surface area contributed by atoms with Crippen LogP contribution in [0.25, 0.3) is 0 Å². The van der Waals surface area contributed by atoms with E-state index in [1.807, 2.05) is 55.5 Å². The van der Waals surface area contributed by atoms with Crippen molar-refractivity contribution in [2.24, 2.45) is 0 Å². The molecule has 1 aliphatic rings. The fourth-order valence-electron chi connectivity index (χ4n) is 4.21. The third-order valence-electron chi connectivity index (χ3n) is 5.78. The summed E-state index contributed by atoms with van der Waals surface area (Å²) in [5.41, 5.74) is 2.61. The van der Waals surface area contributed by atoms with Crippen LogP contribution in [0.15, 0.2) is 76.1 Å². The van der Waals surface area contributed by atoms with Gasteiger partial charge < -0.3 is 9.64 Å². The van der Waals surface area contributed by atoms with Crippen molar-refractivity contribution >= 4 is 49.1 Å². The van der Waals surface area contributed by atoms with E-state index in [2.05, 4.69) is 15.9 Å². The molecule has 0 aromatic heterocycles. The summed E-state index contributed by atoms with van der Waals surface area (Å²) in [5.74, 6) is -0.131. The van der Waals surface area contributed by atoms with E-state index in [1.165, 1.54) is 23.5 Å². The van der Waals surface area contributed by atoms with Crippen LogP contribution in [0.1, 0.15) is 18.1 Å². The standard InChI is InChI=1S/C25H24BrClN2O4S/c1-17-12-19-13-20(26)8-10-22(19)29(17)25(30)16-28(15-18-6-4-3-5-7-18)34(31,32)24-14-21(27)9-11-23(24)33-2/h3-11,13-14,17H,12,15-16H2,1-2H3/t17-/m0/s1. The lowest BCUT2D eigenvalue weighted by Crippen LogP contribution is -2.44. The van der Waals surface area contributed by atoms with Crippen molar-refractivity contribution in [3.05, 3.63) is 87.4 Å². The third kappa shape index (κ3) is 5.00. The first-order valence-electron chi connectivity index (χ1n) is 10.7. The number of hydrogen-bond acceptors (Lipinski definition) is 4. The Bertz CT molecular complexity index is 1320. The van der Waals surface area contributed by atoms with Gasteiger partial charge in [-0.1, -0.05) is 57.9 Å². The number of fused-ring (bicyclic) bond motifs is 1. The number of sulfonamides is 1. The van der Waals surface area contributed by atoms with Crippen LogP contribution in [0, 0.1) is 0 Å². The van der Waals surface area contributed by atoms with E-state index in [9.17, 15) is 13.2 Å². The molecule has 0 radical (unpaired) electrons. The number of halogens is 2. The minimum Gasteiger partial charge on any atom is -0.495 e. The molecule has 178 valence electrons. The van der Waals surface area contributed by atoms with E-state index in [0.717, 1.165) is 21.3 Å². The van der Waals surface area contributed by atoms with Crippen molar-refractivity contribution < 1.29 is 17.9 Å². The molecular formula is C25H24BrClN2O4S. The Hall–Kier alpha value is -2.39. The van der Waals surface area contributed by atoms with Crippen LogP contribution < -0.4 is 9.64 Å². The van der Waals surface area contributed by atoms with Gasteiger partial charge in [0.15, 0.2) is 0 Å². The van der Waals surface area contributed by atoms with Gasteiger partial charge in [0.05, 0.1) is 13.7 Å². The number of amides is 1. The number of carbonyl (C=O) groups is 1. The molecule has 6 nitrogen and oxygen atoms in total. The van der Waals surface area contributed by atoms with Crippen LogP contribution in [0.4, 0.5) is 5.69 Å². The second-order valence-corrected chi connectivity index (χ2v) is 11.4. The summed E-state index contributed by atoms with van der Waals surface area (Å²) in [6.45, 7) is 1.66. The smallest absolute Gasteiger partial charge is 0.247 e. The molecule has 0 N–H and O–H groups in total. The minimum absolute atomic E-state index is 0.0278. The van der Waals surface area contributed by atoms with E-state index < -0.39 is 10.0 Å². The highest BCUT2D eigenvalue weighted by Crippen LogP contribution is 2.35. The Kier molecular flexibility index (Phi) is 7.33. The monoisotopic (exact) mass is 562 g/mol. The molecule has 1 heterocycles. The molecule has 1 aliphatic heterocycles. The fourth-order valence-corrected chi connectivity index (χ4v) is 6.42. The molecular weight excluding hydrogens is 540 g/mol. The average Bonchev–Trinajstić information content (AvgIpc) is 3.14. The van der Waals surface area contributed by atoms with Gasteiger partial charge in [-0.15, -0.1) is 0 Å². The highest BCUT2D eigenvalue weighted by molar-refractivity contribution is 9.10. The molecule has 0 bridgehead atoms. The van der Waals surface area contributed by atoms with Gasteiger partial charge in [0.2, 0.25) is 15.9 Å². The van der Waals surface area contributed by atoms with Crippen LogP contribution in [-0.4, -0.2) is 38.3 Å². The van der Waals surface area contributed by atoms with Crippen molar-refractivity contribution in [2.45, 2.75) is 30.8 Å². The van der Waals surface area contributed by atoms with Crippen molar-refractivity contribution in [2.75, 3.05) is 18.6 Å². The first kappa shape index (κ1) is 24.7. The number of hydrogen-bond donors (Lipinski definition) is 0. The first-order valence-corrected chi connectivity index (χ1v) is 13.3. The Labute approximate surface area is 213 Å². The molecule has 0 spiro atoms. The Morgan fingerprint density at radius 1 is 1.15 bits per heavy atom. The molecule has 0 saturated carbocycles. The quantitative estimate of drug-likeness (QED) is 0.392. The van der Waals surface area contributed by atoms with Gasteiger partial charge >= 0.3 is 0 Å². The maximum atomic E-state index is 13.8. The molecule has 1 amide bonds. The molecule has 0 saturated heterocycles. The van der Waals surface area contributed by atoms with Crippen molar-refractivity contribution in [3.8, 4) is 5.75 Å². The van der Waals surface area contributed by atoms with E-state index in [1.54, 1.807) is 11.0 Å².